The minimum atomic E-state index is 0.908. The fourth-order valence-electron chi connectivity index (χ4n) is 3.55. The van der Waals surface area contributed by atoms with Crippen LogP contribution in [0.5, 0.6) is 0 Å². The van der Waals surface area contributed by atoms with E-state index in [1.54, 1.807) is 10.5 Å². The van der Waals surface area contributed by atoms with Crippen molar-refractivity contribution >= 4 is 33.5 Å². The van der Waals surface area contributed by atoms with Gasteiger partial charge >= 0.3 is 0 Å². The summed E-state index contributed by atoms with van der Waals surface area (Å²) >= 11 is 1.97. The van der Waals surface area contributed by atoms with Gasteiger partial charge in [0.2, 0.25) is 0 Å². The molecule has 2 heterocycles. The molecule has 25 heavy (non-hydrogen) atoms. The Labute approximate surface area is 154 Å². The quantitative estimate of drug-likeness (QED) is 0.693. The van der Waals surface area contributed by atoms with Gasteiger partial charge in [-0.3, -0.25) is 4.99 Å². The number of aliphatic imine (C=N–C) groups is 1. The topological polar surface area (TPSA) is 37.3 Å². The highest BCUT2D eigenvalue weighted by Gasteiger charge is 2.20. The van der Waals surface area contributed by atoms with Crippen LogP contribution in [0.2, 0.25) is 0 Å². The number of benzene rings is 1. The number of nitrogens with one attached hydrogen (secondary N) is 1. The van der Waals surface area contributed by atoms with E-state index in [9.17, 15) is 0 Å². The number of nitrogens with zero attached hydrogens (tertiary/aromatic N) is 2. The summed E-state index contributed by atoms with van der Waals surface area (Å²) in [5.74, 6) is 0.954. The van der Waals surface area contributed by atoms with Gasteiger partial charge in [-0.1, -0.05) is 35.5 Å². The lowest BCUT2D eigenvalue weighted by atomic mass is 9.95. The van der Waals surface area contributed by atoms with Gasteiger partial charge in [-0.25, -0.2) is 4.98 Å². The minimum absolute atomic E-state index is 0.908. The minimum Gasteiger partial charge on any atom is -0.370 e. The summed E-state index contributed by atoms with van der Waals surface area (Å²) in [6, 6.07) is 12.4. The summed E-state index contributed by atoms with van der Waals surface area (Å²) in [7, 11) is 0. The SMILES string of the molecule is c1ccc2nc(NCCCN=C3CCC4=C(CCCC4)S3)ccc2c1. The molecule has 4 rings (SSSR count). The van der Waals surface area contributed by atoms with Crippen LogP contribution in [-0.2, 0) is 0 Å². The zero-order valence-corrected chi connectivity index (χ0v) is 15.4. The molecule has 0 atom stereocenters. The zero-order chi connectivity index (χ0) is 16.9. The van der Waals surface area contributed by atoms with Crippen molar-refractivity contribution in [3.05, 3.63) is 46.9 Å². The molecule has 0 unspecified atom stereocenters. The standard InChI is InChI=1S/C21H25N3S/c1-3-8-18-16(6-1)10-12-20(24-18)22-14-5-15-23-21-13-11-17-7-2-4-9-19(17)25-21/h1,3,6,8,10,12H,2,4-5,7,9,11,13-15H2,(H,22,24). The molecule has 0 fully saturated rings. The molecule has 1 aromatic heterocycles. The molecule has 0 saturated carbocycles. The van der Waals surface area contributed by atoms with Gasteiger partial charge in [0.15, 0.2) is 0 Å². The van der Waals surface area contributed by atoms with E-state index >= 15 is 0 Å². The third-order valence-electron chi connectivity index (χ3n) is 4.94. The van der Waals surface area contributed by atoms with Crippen molar-refractivity contribution in [3.8, 4) is 0 Å². The Morgan fingerprint density at radius 1 is 1.00 bits per heavy atom. The van der Waals surface area contributed by atoms with Crippen molar-refractivity contribution in [1.82, 2.24) is 4.98 Å². The van der Waals surface area contributed by atoms with Gasteiger partial charge in [-0.2, -0.15) is 0 Å². The molecule has 0 saturated heterocycles. The summed E-state index contributed by atoms with van der Waals surface area (Å²) in [5.41, 5.74) is 2.77. The first-order valence-corrected chi connectivity index (χ1v) is 10.2. The fraction of sp³-hybridized carbons (Fsp3) is 0.429. The number of aromatic nitrogens is 1. The number of para-hydroxylation sites is 1. The van der Waals surface area contributed by atoms with Gasteiger partial charge in [0.1, 0.15) is 5.82 Å². The van der Waals surface area contributed by atoms with Crippen LogP contribution in [0.4, 0.5) is 5.82 Å². The number of hydrogen-bond acceptors (Lipinski definition) is 4. The van der Waals surface area contributed by atoms with Gasteiger partial charge < -0.3 is 5.32 Å². The van der Waals surface area contributed by atoms with E-state index in [0.29, 0.717) is 0 Å². The Hall–Kier alpha value is -1.81. The van der Waals surface area contributed by atoms with Crippen LogP contribution in [-0.4, -0.2) is 23.1 Å². The smallest absolute Gasteiger partial charge is 0.126 e. The van der Waals surface area contributed by atoms with Crippen LogP contribution in [0.25, 0.3) is 10.9 Å². The van der Waals surface area contributed by atoms with Crippen LogP contribution < -0.4 is 5.32 Å². The normalized spacial score (nSPS) is 19.3. The lowest BCUT2D eigenvalue weighted by Gasteiger charge is -2.25. The van der Waals surface area contributed by atoms with Crippen LogP contribution >= 0.6 is 11.8 Å². The second-order valence-electron chi connectivity index (χ2n) is 6.78. The number of hydrogen-bond donors (Lipinski definition) is 1. The molecule has 0 amide bonds. The van der Waals surface area contributed by atoms with Crippen molar-refractivity contribution in [2.45, 2.75) is 44.9 Å². The van der Waals surface area contributed by atoms with E-state index in [-0.39, 0.29) is 0 Å². The Morgan fingerprint density at radius 2 is 1.92 bits per heavy atom. The molecule has 2 aromatic rings. The van der Waals surface area contributed by atoms with Crippen LogP contribution in [0, 0.1) is 0 Å². The molecule has 1 aliphatic heterocycles. The molecule has 1 aromatic carbocycles. The van der Waals surface area contributed by atoms with Crippen LogP contribution in [0.1, 0.15) is 44.9 Å². The van der Waals surface area contributed by atoms with Gasteiger partial charge in [0.05, 0.1) is 10.6 Å². The van der Waals surface area contributed by atoms with Crippen LogP contribution in [0.3, 0.4) is 0 Å². The summed E-state index contributed by atoms with van der Waals surface area (Å²) < 4.78 is 0. The zero-order valence-electron chi connectivity index (χ0n) is 14.6. The predicted octanol–water partition coefficient (Wildman–Crippen LogP) is 5.79. The monoisotopic (exact) mass is 351 g/mol. The Kier molecular flexibility index (Phi) is 5.36. The Morgan fingerprint density at radius 3 is 2.92 bits per heavy atom. The van der Waals surface area contributed by atoms with Crippen molar-refractivity contribution in [2.24, 2.45) is 4.99 Å². The predicted molar refractivity (Wildman–Crippen MR) is 109 cm³/mol. The van der Waals surface area contributed by atoms with E-state index < -0.39 is 0 Å². The Balaban J connectivity index is 1.24. The van der Waals surface area contributed by atoms with Gasteiger partial charge in [0.25, 0.3) is 0 Å². The maximum Gasteiger partial charge on any atom is 0.126 e. The van der Waals surface area contributed by atoms with E-state index in [1.807, 2.05) is 23.9 Å². The third-order valence-corrected chi connectivity index (χ3v) is 6.24. The first-order chi connectivity index (χ1) is 12.4. The summed E-state index contributed by atoms with van der Waals surface area (Å²) in [6.45, 7) is 1.83. The molecule has 0 bridgehead atoms. The second-order valence-corrected chi connectivity index (χ2v) is 7.95. The number of rotatable bonds is 5. The van der Waals surface area contributed by atoms with Crippen molar-refractivity contribution in [3.63, 3.8) is 0 Å². The molecule has 130 valence electrons. The molecule has 3 nitrogen and oxygen atoms in total. The summed E-state index contributed by atoms with van der Waals surface area (Å²) in [6.07, 6.45) is 8.82. The molecular formula is C21H25N3S. The van der Waals surface area contributed by atoms with E-state index in [0.717, 1.165) is 37.3 Å². The van der Waals surface area contributed by atoms with Gasteiger partial charge in [-0.05, 0) is 68.0 Å². The largest absolute Gasteiger partial charge is 0.370 e. The molecule has 0 spiro atoms. The number of pyridine rings is 1. The number of anilines is 1. The maximum absolute atomic E-state index is 4.84. The highest BCUT2D eigenvalue weighted by molar-refractivity contribution is 8.17. The van der Waals surface area contributed by atoms with Gasteiger partial charge in [-0.15, -0.1) is 0 Å². The average Bonchev–Trinajstić information content (AvgIpc) is 2.67. The van der Waals surface area contributed by atoms with Crippen molar-refractivity contribution in [1.29, 1.82) is 0 Å². The first-order valence-electron chi connectivity index (χ1n) is 9.40. The van der Waals surface area contributed by atoms with E-state index in [2.05, 4.69) is 34.6 Å². The lowest BCUT2D eigenvalue weighted by Crippen LogP contribution is -2.09. The molecule has 1 aliphatic carbocycles. The average molecular weight is 352 g/mol. The molecule has 0 radical (unpaired) electrons. The van der Waals surface area contributed by atoms with E-state index in [1.165, 1.54) is 42.5 Å². The third kappa shape index (κ3) is 4.24. The molecule has 2 aliphatic rings. The number of thioether (sulfide) groups is 1. The lowest BCUT2D eigenvalue weighted by molar-refractivity contribution is 0.670. The Bertz CT molecular complexity index is 810. The fourth-order valence-corrected chi connectivity index (χ4v) is 4.79. The number of allylic oxidation sites excluding steroid dienone is 2. The van der Waals surface area contributed by atoms with Crippen molar-refractivity contribution < 1.29 is 0 Å². The van der Waals surface area contributed by atoms with Crippen molar-refractivity contribution in [2.75, 3.05) is 18.4 Å². The highest BCUT2D eigenvalue weighted by atomic mass is 32.2. The van der Waals surface area contributed by atoms with Gasteiger partial charge in [0, 0.05) is 18.5 Å². The maximum atomic E-state index is 4.84. The first kappa shape index (κ1) is 16.6. The second kappa shape index (κ2) is 8.05. The molecular weight excluding hydrogens is 326 g/mol. The number of fused-ring (bicyclic) bond motifs is 1. The van der Waals surface area contributed by atoms with Crippen LogP contribution in [0.15, 0.2) is 51.9 Å². The summed E-state index contributed by atoms with van der Waals surface area (Å²) in [4.78, 5) is 11.1. The molecule has 4 heteroatoms. The molecule has 1 N–H and O–H groups in total. The highest BCUT2D eigenvalue weighted by Crippen LogP contribution is 2.40. The van der Waals surface area contributed by atoms with E-state index in [4.69, 9.17) is 4.99 Å². The summed E-state index contributed by atoms with van der Waals surface area (Å²) in [5, 5.41) is 5.96.